The topological polar surface area (TPSA) is 50.4 Å². The van der Waals surface area contributed by atoms with Crippen LogP contribution in [0, 0.1) is 0 Å². The standard InChI is InChI=1S/C26H50N2O2/c1-6-11-12-13-14-15-16-17-18-19-22-27-23(29)26(30-22)20-24(7-2,8-3)28-25(9-4,10-5)21-26/h22,28H,6-21H2,1-5H3,(H,27,29). The van der Waals surface area contributed by atoms with Crippen molar-refractivity contribution in [3.05, 3.63) is 0 Å². The highest BCUT2D eigenvalue weighted by molar-refractivity contribution is 5.87. The molecule has 1 atom stereocenters. The summed E-state index contributed by atoms with van der Waals surface area (Å²) in [6.45, 7) is 11.3. The molecule has 4 nitrogen and oxygen atoms in total. The first-order chi connectivity index (χ1) is 14.4. The Bertz CT molecular complexity index is 491. The molecule has 0 aromatic carbocycles. The molecule has 176 valence electrons. The Labute approximate surface area is 186 Å². The molecule has 0 aliphatic carbocycles. The maximum atomic E-state index is 13.2. The SMILES string of the molecule is CCCCCCCCCCCC1NC(=O)C2(CC(CC)(CC)NC(CC)(CC)C2)O1. The molecule has 0 aromatic rings. The van der Waals surface area contributed by atoms with Crippen molar-refractivity contribution in [2.75, 3.05) is 0 Å². The van der Waals surface area contributed by atoms with Gasteiger partial charge in [-0.3, -0.25) is 4.79 Å². The Balaban J connectivity index is 1.87. The van der Waals surface area contributed by atoms with Crippen molar-refractivity contribution in [2.24, 2.45) is 0 Å². The van der Waals surface area contributed by atoms with Crippen molar-refractivity contribution in [1.82, 2.24) is 10.6 Å². The molecule has 2 N–H and O–H groups in total. The number of ether oxygens (including phenoxy) is 1. The van der Waals surface area contributed by atoms with Crippen molar-refractivity contribution in [3.63, 3.8) is 0 Å². The van der Waals surface area contributed by atoms with E-state index in [4.69, 9.17) is 4.74 Å². The van der Waals surface area contributed by atoms with E-state index in [1.807, 2.05) is 0 Å². The van der Waals surface area contributed by atoms with Crippen LogP contribution in [0.25, 0.3) is 0 Å². The van der Waals surface area contributed by atoms with Gasteiger partial charge in [-0.1, -0.05) is 86.0 Å². The summed E-state index contributed by atoms with van der Waals surface area (Å²) in [6.07, 6.45) is 18.5. The number of carbonyl (C=O) groups is 1. The van der Waals surface area contributed by atoms with E-state index in [9.17, 15) is 4.79 Å². The van der Waals surface area contributed by atoms with Crippen molar-refractivity contribution in [1.29, 1.82) is 0 Å². The summed E-state index contributed by atoms with van der Waals surface area (Å²) in [5.41, 5.74) is -0.657. The third-order valence-corrected chi connectivity index (χ3v) is 8.13. The van der Waals surface area contributed by atoms with Gasteiger partial charge in [0, 0.05) is 23.9 Å². The van der Waals surface area contributed by atoms with Gasteiger partial charge in [0.2, 0.25) is 0 Å². The van der Waals surface area contributed by atoms with E-state index >= 15 is 0 Å². The van der Waals surface area contributed by atoms with Gasteiger partial charge in [0.25, 0.3) is 5.91 Å². The largest absolute Gasteiger partial charge is 0.342 e. The molecule has 0 saturated carbocycles. The Morgan fingerprint density at radius 3 is 1.70 bits per heavy atom. The van der Waals surface area contributed by atoms with E-state index in [2.05, 4.69) is 45.3 Å². The first-order valence-electron chi connectivity index (χ1n) is 13.2. The third kappa shape index (κ3) is 6.22. The van der Waals surface area contributed by atoms with Crippen molar-refractivity contribution in [3.8, 4) is 0 Å². The van der Waals surface area contributed by atoms with E-state index in [0.717, 1.165) is 51.4 Å². The van der Waals surface area contributed by atoms with E-state index in [0.29, 0.717) is 0 Å². The molecule has 2 saturated heterocycles. The zero-order valence-corrected chi connectivity index (χ0v) is 20.7. The second-order valence-corrected chi connectivity index (χ2v) is 10.1. The monoisotopic (exact) mass is 422 g/mol. The highest BCUT2D eigenvalue weighted by Crippen LogP contribution is 2.46. The van der Waals surface area contributed by atoms with Crippen LogP contribution in [-0.2, 0) is 9.53 Å². The lowest BCUT2D eigenvalue weighted by molar-refractivity contribution is -0.151. The fourth-order valence-corrected chi connectivity index (χ4v) is 5.81. The molecule has 1 amide bonds. The number of hydrogen-bond acceptors (Lipinski definition) is 3. The van der Waals surface area contributed by atoms with Crippen LogP contribution < -0.4 is 10.6 Å². The third-order valence-electron chi connectivity index (χ3n) is 8.13. The average molecular weight is 423 g/mol. The van der Waals surface area contributed by atoms with Gasteiger partial charge in [-0.2, -0.15) is 0 Å². The minimum Gasteiger partial charge on any atom is -0.342 e. The lowest BCUT2D eigenvalue weighted by atomic mass is 9.66. The number of carbonyl (C=O) groups excluding carboxylic acids is 1. The van der Waals surface area contributed by atoms with Gasteiger partial charge >= 0.3 is 0 Å². The number of amides is 1. The number of piperidine rings is 1. The zero-order valence-electron chi connectivity index (χ0n) is 20.7. The Kier molecular flexibility index (Phi) is 10.1. The van der Waals surface area contributed by atoms with E-state index < -0.39 is 5.60 Å². The molecule has 0 radical (unpaired) electrons. The normalized spacial score (nSPS) is 24.3. The molecule has 1 unspecified atom stereocenters. The lowest BCUT2D eigenvalue weighted by Crippen LogP contribution is -2.69. The molecule has 2 aliphatic rings. The predicted octanol–water partition coefficient (Wildman–Crippen LogP) is 6.62. The molecule has 30 heavy (non-hydrogen) atoms. The van der Waals surface area contributed by atoms with Crippen LogP contribution in [0.2, 0.25) is 0 Å². The summed E-state index contributed by atoms with van der Waals surface area (Å²) in [6, 6.07) is 0. The number of hydrogen-bond donors (Lipinski definition) is 2. The van der Waals surface area contributed by atoms with Crippen LogP contribution in [-0.4, -0.2) is 28.8 Å². The molecule has 2 heterocycles. The van der Waals surface area contributed by atoms with Crippen LogP contribution in [0.5, 0.6) is 0 Å². The van der Waals surface area contributed by atoms with E-state index in [1.54, 1.807) is 0 Å². The van der Waals surface area contributed by atoms with Crippen LogP contribution in [0.3, 0.4) is 0 Å². The molecule has 0 bridgehead atoms. The second kappa shape index (κ2) is 11.9. The highest BCUT2D eigenvalue weighted by Gasteiger charge is 2.59. The maximum absolute atomic E-state index is 13.2. The van der Waals surface area contributed by atoms with Crippen molar-refractivity contribution >= 4 is 5.91 Å². The lowest BCUT2D eigenvalue weighted by Gasteiger charge is -2.54. The highest BCUT2D eigenvalue weighted by atomic mass is 16.5. The molecule has 2 aliphatic heterocycles. The summed E-state index contributed by atoms with van der Waals surface area (Å²) in [4.78, 5) is 13.2. The Morgan fingerprint density at radius 1 is 0.767 bits per heavy atom. The van der Waals surface area contributed by atoms with Gasteiger partial charge in [-0.05, 0) is 38.5 Å². The predicted molar refractivity (Wildman–Crippen MR) is 127 cm³/mol. The molecule has 4 heteroatoms. The number of unbranched alkanes of at least 4 members (excludes halogenated alkanes) is 8. The van der Waals surface area contributed by atoms with Crippen LogP contribution >= 0.6 is 0 Å². The van der Waals surface area contributed by atoms with Crippen LogP contribution in [0.1, 0.15) is 137 Å². The molecule has 0 aromatic heterocycles. The summed E-state index contributed by atoms with van der Waals surface area (Å²) in [5.74, 6) is 0.141. The summed E-state index contributed by atoms with van der Waals surface area (Å²) >= 11 is 0. The molecular formula is C26H50N2O2. The van der Waals surface area contributed by atoms with Crippen LogP contribution in [0.15, 0.2) is 0 Å². The summed E-state index contributed by atoms with van der Waals surface area (Å²) in [7, 11) is 0. The number of nitrogens with one attached hydrogen (secondary N) is 2. The average Bonchev–Trinajstić information content (AvgIpc) is 3.05. The van der Waals surface area contributed by atoms with Crippen molar-refractivity contribution < 1.29 is 9.53 Å². The first kappa shape index (κ1) is 25.6. The molecular weight excluding hydrogens is 372 g/mol. The number of rotatable bonds is 14. The zero-order chi connectivity index (χ0) is 22.1. The fourth-order valence-electron chi connectivity index (χ4n) is 5.81. The quantitative estimate of drug-likeness (QED) is 0.309. The van der Waals surface area contributed by atoms with Gasteiger partial charge in [0.1, 0.15) is 6.23 Å². The summed E-state index contributed by atoms with van der Waals surface area (Å²) < 4.78 is 6.59. The van der Waals surface area contributed by atoms with Crippen LogP contribution in [0.4, 0.5) is 0 Å². The fraction of sp³-hybridized carbons (Fsp3) is 0.962. The maximum Gasteiger partial charge on any atom is 0.254 e. The molecule has 2 rings (SSSR count). The van der Waals surface area contributed by atoms with Gasteiger partial charge in [-0.25, -0.2) is 0 Å². The van der Waals surface area contributed by atoms with Crippen molar-refractivity contribution in [2.45, 2.75) is 160 Å². The second-order valence-electron chi connectivity index (χ2n) is 10.1. The first-order valence-corrected chi connectivity index (χ1v) is 13.2. The Morgan fingerprint density at radius 2 is 1.23 bits per heavy atom. The summed E-state index contributed by atoms with van der Waals surface area (Å²) in [5, 5.41) is 7.21. The molecule has 2 fully saturated rings. The molecule has 1 spiro atoms. The van der Waals surface area contributed by atoms with Gasteiger partial charge < -0.3 is 15.4 Å². The Hall–Kier alpha value is -0.610. The minimum absolute atomic E-state index is 0.00568. The van der Waals surface area contributed by atoms with Gasteiger partial charge in [-0.15, -0.1) is 0 Å². The van der Waals surface area contributed by atoms with E-state index in [-0.39, 0.29) is 23.2 Å². The van der Waals surface area contributed by atoms with Gasteiger partial charge in [0.05, 0.1) is 0 Å². The smallest absolute Gasteiger partial charge is 0.254 e. The minimum atomic E-state index is -0.646. The van der Waals surface area contributed by atoms with Gasteiger partial charge in [0.15, 0.2) is 5.60 Å². The van der Waals surface area contributed by atoms with E-state index in [1.165, 1.54) is 51.4 Å².